The summed E-state index contributed by atoms with van der Waals surface area (Å²) in [6.07, 6.45) is 0. The van der Waals surface area contributed by atoms with Crippen LogP contribution in [0.2, 0.25) is 0 Å². The van der Waals surface area contributed by atoms with Gasteiger partial charge in [0.2, 0.25) is 0 Å². The molecule has 19 heavy (non-hydrogen) atoms. The maximum Gasteiger partial charge on any atom is 0.370 e. The van der Waals surface area contributed by atoms with Gasteiger partial charge in [0.1, 0.15) is 5.82 Å². The van der Waals surface area contributed by atoms with E-state index in [0.717, 1.165) is 12.1 Å². The second kappa shape index (κ2) is 5.44. The Bertz CT molecular complexity index is 537. The highest BCUT2D eigenvalue weighted by Gasteiger charge is 2.32. The van der Waals surface area contributed by atoms with Crippen LogP contribution in [0.15, 0.2) is 24.3 Å². The van der Waals surface area contributed by atoms with Crippen LogP contribution in [0.4, 0.5) is 22.0 Å². The van der Waals surface area contributed by atoms with Crippen molar-refractivity contribution in [3.8, 4) is 0 Å². The van der Waals surface area contributed by atoms with Crippen LogP contribution < -0.4 is 21.2 Å². The van der Waals surface area contributed by atoms with Crippen molar-refractivity contribution in [1.82, 2.24) is 0 Å². The molecule has 100 valence electrons. The molecule has 0 saturated carbocycles. The maximum atomic E-state index is 13.6. The molecule has 0 aliphatic rings. The zero-order valence-electron chi connectivity index (χ0n) is 9.58. The largest absolute Gasteiger partial charge is 0.370 e. The molecule has 0 aliphatic heterocycles. The highest BCUT2D eigenvalue weighted by Crippen LogP contribution is 2.09. The van der Waals surface area contributed by atoms with E-state index in [4.69, 9.17) is 0 Å². The van der Waals surface area contributed by atoms with Gasteiger partial charge in [0.15, 0.2) is 23.3 Å². The molecule has 0 spiro atoms. The Kier molecular flexibility index (Phi) is 4.07. The van der Waals surface area contributed by atoms with Gasteiger partial charge in [-0.2, -0.15) is 0 Å². The van der Waals surface area contributed by atoms with Crippen molar-refractivity contribution >= 4 is 0 Å². The Labute approximate surface area is 116 Å². The van der Waals surface area contributed by atoms with Gasteiger partial charge in [-0.1, -0.05) is 0 Å². The molecular formula is C13H7F5I+. The highest BCUT2D eigenvalue weighted by atomic mass is 127. The fraction of sp³-hybridized carbons (Fsp3) is 0.0769. The zero-order valence-corrected chi connectivity index (χ0v) is 11.7. The average molecular weight is 385 g/mol. The Balaban J connectivity index is 2.48. The molecule has 0 N–H and O–H groups in total. The summed E-state index contributed by atoms with van der Waals surface area (Å²) in [6.45, 7) is 1.51. The van der Waals surface area contributed by atoms with Gasteiger partial charge >= 0.3 is 21.2 Å². The third kappa shape index (κ3) is 3.05. The molecule has 2 aromatic rings. The molecule has 0 heterocycles. The lowest BCUT2D eigenvalue weighted by Gasteiger charge is -1.97. The Morgan fingerprint density at radius 1 is 0.684 bits per heavy atom. The molecular weight excluding hydrogens is 378 g/mol. The zero-order chi connectivity index (χ0) is 14.2. The lowest BCUT2D eigenvalue weighted by molar-refractivity contribution is -0.609. The van der Waals surface area contributed by atoms with Crippen molar-refractivity contribution < 1.29 is 43.2 Å². The second-order valence-electron chi connectivity index (χ2n) is 3.82. The van der Waals surface area contributed by atoms with Crippen LogP contribution in [-0.2, 0) is 0 Å². The maximum absolute atomic E-state index is 13.6. The van der Waals surface area contributed by atoms with Gasteiger partial charge in [0, 0.05) is 12.1 Å². The molecule has 0 bridgehead atoms. The first-order chi connectivity index (χ1) is 8.88. The van der Waals surface area contributed by atoms with Crippen molar-refractivity contribution in [1.29, 1.82) is 0 Å². The monoisotopic (exact) mass is 385 g/mol. The summed E-state index contributed by atoms with van der Waals surface area (Å²) < 4.78 is 66.0. The first-order valence-electron chi connectivity index (χ1n) is 5.13. The van der Waals surface area contributed by atoms with Crippen LogP contribution in [0, 0.1) is 43.2 Å². The predicted molar refractivity (Wildman–Crippen MR) is 54.8 cm³/mol. The number of rotatable bonds is 2. The number of hydrogen-bond acceptors (Lipinski definition) is 0. The number of benzene rings is 2. The van der Waals surface area contributed by atoms with Crippen LogP contribution >= 0.6 is 0 Å². The average Bonchev–Trinajstić information content (AvgIpc) is 2.25. The minimum Gasteiger partial charge on any atom is -0.207 e. The normalized spacial score (nSPS) is 10.8. The van der Waals surface area contributed by atoms with E-state index in [0.29, 0.717) is 17.7 Å². The molecule has 0 aromatic heterocycles. The minimum atomic E-state index is -1.75. The van der Waals surface area contributed by atoms with Crippen LogP contribution in [-0.4, -0.2) is 0 Å². The van der Waals surface area contributed by atoms with Crippen LogP contribution in [0.25, 0.3) is 0 Å². The lowest BCUT2D eigenvalue weighted by Crippen LogP contribution is -3.62. The molecule has 0 atom stereocenters. The third-order valence-corrected chi connectivity index (χ3v) is 5.41. The van der Waals surface area contributed by atoms with Crippen molar-refractivity contribution in [3.05, 3.63) is 66.1 Å². The van der Waals surface area contributed by atoms with Gasteiger partial charge in [-0.25, -0.2) is 22.0 Å². The van der Waals surface area contributed by atoms with Gasteiger partial charge in [-0.15, -0.1) is 0 Å². The predicted octanol–water partition coefficient (Wildman–Crippen LogP) is 0.819. The van der Waals surface area contributed by atoms with Crippen molar-refractivity contribution in [2.75, 3.05) is 0 Å². The van der Waals surface area contributed by atoms with E-state index in [-0.39, 0.29) is 3.57 Å². The Morgan fingerprint density at radius 2 is 1.05 bits per heavy atom. The SMILES string of the molecule is Cc1cc(F)c([I+]c2c(F)cc(F)cc2F)c(F)c1. The fourth-order valence-electron chi connectivity index (χ4n) is 1.48. The molecule has 0 amide bonds. The molecule has 6 heteroatoms. The molecule has 0 unspecified atom stereocenters. The van der Waals surface area contributed by atoms with E-state index in [1.165, 1.54) is 6.92 Å². The summed E-state index contributed by atoms with van der Waals surface area (Å²) in [7, 11) is 0. The summed E-state index contributed by atoms with van der Waals surface area (Å²) >= 11 is -1.75. The minimum absolute atomic E-state index is 0.339. The fourth-order valence-corrected chi connectivity index (χ4v) is 3.67. The second-order valence-corrected chi connectivity index (χ2v) is 6.52. The molecule has 2 aromatic carbocycles. The topological polar surface area (TPSA) is 0 Å². The van der Waals surface area contributed by atoms with E-state index >= 15 is 0 Å². The van der Waals surface area contributed by atoms with E-state index in [9.17, 15) is 22.0 Å². The van der Waals surface area contributed by atoms with Gasteiger partial charge in [0.25, 0.3) is 7.14 Å². The lowest BCUT2D eigenvalue weighted by atomic mass is 10.2. The van der Waals surface area contributed by atoms with E-state index in [2.05, 4.69) is 0 Å². The number of aryl methyl sites for hydroxylation is 1. The number of hydrogen-bond donors (Lipinski definition) is 0. The van der Waals surface area contributed by atoms with Gasteiger partial charge < -0.3 is 0 Å². The Morgan fingerprint density at radius 3 is 1.47 bits per heavy atom. The standard InChI is InChI=1S/C13H7F5I/c1-6-2-8(15)12(9(16)3-6)19-13-10(17)4-7(14)5-11(13)18/h2-5H,1H3/q+1. The summed E-state index contributed by atoms with van der Waals surface area (Å²) in [4.78, 5) is 0. The summed E-state index contributed by atoms with van der Waals surface area (Å²) in [6, 6.07) is 3.19. The summed E-state index contributed by atoms with van der Waals surface area (Å²) in [5.41, 5.74) is 0.378. The van der Waals surface area contributed by atoms with Gasteiger partial charge in [-0.3, -0.25) is 0 Å². The van der Waals surface area contributed by atoms with Crippen LogP contribution in [0.1, 0.15) is 5.56 Å². The molecule has 0 fully saturated rings. The number of halogens is 6. The molecule has 0 radical (unpaired) electrons. The molecule has 0 saturated heterocycles. The van der Waals surface area contributed by atoms with Crippen LogP contribution in [0.5, 0.6) is 0 Å². The van der Waals surface area contributed by atoms with Crippen molar-refractivity contribution in [2.45, 2.75) is 6.92 Å². The Hall–Kier alpha value is -1.18. The first-order valence-corrected chi connectivity index (χ1v) is 7.29. The molecule has 2 rings (SSSR count). The van der Waals surface area contributed by atoms with Crippen molar-refractivity contribution in [2.24, 2.45) is 0 Å². The molecule has 0 nitrogen and oxygen atoms in total. The first kappa shape index (κ1) is 14.2. The van der Waals surface area contributed by atoms with Crippen molar-refractivity contribution in [3.63, 3.8) is 0 Å². The highest BCUT2D eigenvalue weighted by molar-refractivity contribution is 5.16. The van der Waals surface area contributed by atoms with Gasteiger partial charge in [0.05, 0.1) is 0 Å². The third-order valence-electron chi connectivity index (χ3n) is 2.27. The summed E-state index contributed by atoms with van der Waals surface area (Å²) in [5.74, 6) is -4.98. The quantitative estimate of drug-likeness (QED) is 0.311. The van der Waals surface area contributed by atoms with Crippen LogP contribution in [0.3, 0.4) is 0 Å². The van der Waals surface area contributed by atoms with E-state index < -0.39 is 53.9 Å². The summed E-state index contributed by atoms with van der Waals surface area (Å²) in [5, 5.41) is 0. The van der Waals surface area contributed by atoms with E-state index in [1.54, 1.807) is 0 Å². The van der Waals surface area contributed by atoms with Gasteiger partial charge in [-0.05, 0) is 24.6 Å². The molecule has 0 aliphatic carbocycles. The smallest absolute Gasteiger partial charge is 0.207 e. The van der Waals surface area contributed by atoms with E-state index in [1.807, 2.05) is 0 Å².